The Morgan fingerprint density at radius 1 is 1.53 bits per heavy atom. The Labute approximate surface area is 100 Å². The fourth-order valence-electron chi connectivity index (χ4n) is 2.11. The molecule has 17 heavy (non-hydrogen) atoms. The maximum atomic E-state index is 11.0. The van der Waals surface area contributed by atoms with Crippen molar-refractivity contribution in [3.63, 3.8) is 0 Å². The third-order valence-corrected chi connectivity index (χ3v) is 3.01. The van der Waals surface area contributed by atoms with Crippen molar-refractivity contribution in [1.82, 2.24) is 20.0 Å². The Balaban J connectivity index is 1.95. The van der Waals surface area contributed by atoms with Crippen LogP contribution in [-0.2, 0) is 13.5 Å². The Bertz CT molecular complexity index is 396. The molecule has 1 aliphatic rings. The Morgan fingerprint density at radius 3 is 2.88 bits per heavy atom. The number of aryl methyl sites for hydroxylation is 1. The molecule has 0 spiro atoms. The van der Waals surface area contributed by atoms with Crippen LogP contribution in [0.5, 0.6) is 0 Å². The molecule has 2 rings (SSSR count). The van der Waals surface area contributed by atoms with Gasteiger partial charge in [0.1, 0.15) is 0 Å². The molecule has 0 bridgehead atoms. The number of hydrogen-bond donors (Lipinski definition) is 2. The Hall–Kier alpha value is -1.40. The number of nitrogens with zero attached hydrogens (tertiary/aromatic N) is 3. The van der Waals surface area contributed by atoms with Gasteiger partial charge in [-0.15, -0.1) is 0 Å². The van der Waals surface area contributed by atoms with Crippen molar-refractivity contribution in [2.24, 2.45) is 7.05 Å². The number of hydrogen-bond acceptors (Lipinski definition) is 4. The smallest absolute Gasteiger partial charge is 0.356 e. The van der Waals surface area contributed by atoms with Crippen LogP contribution in [0.15, 0.2) is 6.20 Å². The highest BCUT2D eigenvalue weighted by atomic mass is 16.4. The highest BCUT2D eigenvalue weighted by molar-refractivity contribution is 5.86. The highest BCUT2D eigenvalue weighted by Gasteiger charge is 2.16. The first-order valence-corrected chi connectivity index (χ1v) is 5.85. The molecule has 2 N–H and O–H groups in total. The van der Waals surface area contributed by atoms with Gasteiger partial charge < -0.3 is 15.3 Å². The number of rotatable bonds is 4. The summed E-state index contributed by atoms with van der Waals surface area (Å²) in [6.07, 6.45) is 2.54. The van der Waals surface area contributed by atoms with Gasteiger partial charge in [-0.05, 0) is 6.42 Å². The number of aromatic nitrogens is 2. The fraction of sp³-hybridized carbons (Fsp3) is 0.636. The molecule has 0 radical (unpaired) electrons. The molecular weight excluding hydrogens is 220 g/mol. The van der Waals surface area contributed by atoms with Crippen molar-refractivity contribution in [1.29, 1.82) is 0 Å². The number of nitrogens with one attached hydrogen (secondary N) is 1. The molecule has 2 heterocycles. The molecule has 1 aromatic heterocycles. The second kappa shape index (κ2) is 5.29. The summed E-state index contributed by atoms with van der Waals surface area (Å²) < 4.78 is 1.57. The predicted molar refractivity (Wildman–Crippen MR) is 63.2 cm³/mol. The predicted octanol–water partition coefficient (Wildman–Crippen LogP) is -0.434. The van der Waals surface area contributed by atoms with Crippen LogP contribution in [0.25, 0.3) is 0 Å². The van der Waals surface area contributed by atoms with Gasteiger partial charge in [-0.25, -0.2) is 4.79 Å². The summed E-state index contributed by atoms with van der Waals surface area (Å²) in [5, 5.41) is 16.3. The first kappa shape index (κ1) is 12.1. The van der Waals surface area contributed by atoms with E-state index in [1.54, 1.807) is 17.9 Å². The molecule has 0 amide bonds. The van der Waals surface area contributed by atoms with Gasteiger partial charge >= 0.3 is 5.97 Å². The summed E-state index contributed by atoms with van der Waals surface area (Å²) in [6.45, 7) is 4.98. The molecule has 1 fully saturated rings. The van der Waals surface area contributed by atoms with Crippen LogP contribution in [0.4, 0.5) is 0 Å². The van der Waals surface area contributed by atoms with Gasteiger partial charge in [-0.3, -0.25) is 4.68 Å². The topological polar surface area (TPSA) is 70.4 Å². The minimum atomic E-state index is -0.944. The van der Waals surface area contributed by atoms with E-state index in [9.17, 15) is 4.79 Å². The van der Waals surface area contributed by atoms with Crippen LogP contribution in [-0.4, -0.2) is 58.5 Å². The van der Waals surface area contributed by atoms with E-state index in [2.05, 4.69) is 15.3 Å². The summed E-state index contributed by atoms with van der Waals surface area (Å²) in [5.41, 5.74) is 1.00. The molecule has 94 valence electrons. The zero-order valence-electron chi connectivity index (χ0n) is 10.0. The molecule has 0 aromatic carbocycles. The van der Waals surface area contributed by atoms with E-state index in [4.69, 9.17) is 5.11 Å². The third kappa shape index (κ3) is 3.04. The van der Waals surface area contributed by atoms with E-state index in [0.717, 1.165) is 44.7 Å². The van der Waals surface area contributed by atoms with Gasteiger partial charge in [0.25, 0.3) is 0 Å². The summed E-state index contributed by atoms with van der Waals surface area (Å²) in [5.74, 6) is -0.944. The second-order valence-electron chi connectivity index (χ2n) is 4.32. The van der Waals surface area contributed by atoms with E-state index < -0.39 is 5.97 Å². The van der Waals surface area contributed by atoms with Gasteiger partial charge in [0.2, 0.25) is 0 Å². The van der Waals surface area contributed by atoms with Crippen LogP contribution in [0.3, 0.4) is 0 Å². The summed E-state index contributed by atoms with van der Waals surface area (Å²) in [6, 6.07) is 0. The molecule has 1 saturated heterocycles. The van der Waals surface area contributed by atoms with E-state index in [-0.39, 0.29) is 5.69 Å². The first-order valence-electron chi connectivity index (χ1n) is 5.85. The zero-order chi connectivity index (χ0) is 12.3. The summed E-state index contributed by atoms with van der Waals surface area (Å²) >= 11 is 0. The lowest BCUT2D eigenvalue weighted by Crippen LogP contribution is -2.44. The van der Waals surface area contributed by atoms with Gasteiger partial charge in [-0.1, -0.05) is 0 Å². The monoisotopic (exact) mass is 238 g/mol. The largest absolute Gasteiger partial charge is 0.476 e. The average Bonchev–Trinajstić information content (AvgIpc) is 2.69. The van der Waals surface area contributed by atoms with Crippen molar-refractivity contribution in [3.8, 4) is 0 Å². The number of aromatic carboxylic acids is 1. The maximum absolute atomic E-state index is 11.0. The van der Waals surface area contributed by atoms with E-state index in [0.29, 0.717) is 0 Å². The van der Waals surface area contributed by atoms with E-state index >= 15 is 0 Å². The molecule has 0 saturated carbocycles. The quantitative estimate of drug-likeness (QED) is 0.744. The third-order valence-electron chi connectivity index (χ3n) is 3.01. The number of carboxylic acids is 1. The molecule has 1 aliphatic heterocycles. The lowest BCUT2D eigenvalue weighted by molar-refractivity contribution is 0.0688. The molecule has 0 atom stereocenters. The average molecular weight is 238 g/mol. The van der Waals surface area contributed by atoms with Crippen molar-refractivity contribution >= 4 is 5.97 Å². The number of piperazine rings is 1. The minimum Gasteiger partial charge on any atom is -0.476 e. The fourth-order valence-corrected chi connectivity index (χ4v) is 2.11. The van der Waals surface area contributed by atoms with Crippen molar-refractivity contribution in [2.45, 2.75) is 6.42 Å². The molecule has 6 nitrogen and oxygen atoms in total. The summed E-state index contributed by atoms with van der Waals surface area (Å²) in [7, 11) is 1.75. The molecular formula is C11H18N4O2. The van der Waals surface area contributed by atoms with E-state index in [1.165, 1.54) is 0 Å². The number of carboxylic acid groups (broad SMARTS) is 1. The van der Waals surface area contributed by atoms with Crippen LogP contribution in [0.1, 0.15) is 16.1 Å². The molecule has 0 unspecified atom stereocenters. The van der Waals surface area contributed by atoms with Crippen LogP contribution in [0.2, 0.25) is 0 Å². The van der Waals surface area contributed by atoms with Gasteiger partial charge in [0.15, 0.2) is 5.69 Å². The van der Waals surface area contributed by atoms with Gasteiger partial charge in [0.05, 0.1) is 0 Å². The number of carbonyl (C=O) groups is 1. The van der Waals surface area contributed by atoms with Gasteiger partial charge in [0, 0.05) is 51.5 Å². The second-order valence-corrected chi connectivity index (χ2v) is 4.32. The molecule has 6 heteroatoms. The Morgan fingerprint density at radius 2 is 2.24 bits per heavy atom. The maximum Gasteiger partial charge on any atom is 0.356 e. The van der Waals surface area contributed by atoms with Crippen LogP contribution in [0, 0.1) is 0 Å². The molecule has 0 aliphatic carbocycles. The van der Waals surface area contributed by atoms with Crippen molar-refractivity contribution in [2.75, 3.05) is 32.7 Å². The van der Waals surface area contributed by atoms with Crippen molar-refractivity contribution in [3.05, 3.63) is 17.5 Å². The van der Waals surface area contributed by atoms with E-state index in [1.807, 2.05) is 0 Å². The highest BCUT2D eigenvalue weighted by Crippen LogP contribution is 2.08. The zero-order valence-corrected chi connectivity index (χ0v) is 10.0. The Kier molecular flexibility index (Phi) is 3.75. The normalized spacial score (nSPS) is 17.2. The SMILES string of the molecule is Cn1cc(CCN2CCNCC2)c(C(=O)O)n1. The van der Waals surface area contributed by atoms with Crippen LogP contribution < -0.4 is 5.32 Å². The minimum absolute atomic E-state index is 0.183. The lowest BCUT2D eigenvalue weighted by atomic mass is 10.1. The molecule has 1 aromatic rings. The summed E-state index contributed by atoms with van der Waals surface area (Å²) in [4.78, 5) is 13.3. The van der Waals surface area contributed by atoms with Crippen molar-refractivity contribution < 1.29 is 9.90 Å². The van der Waals surface area contributed by atoms with Crippen LogP contribution >= 0.6 is 0 Å². The van der Waals surface area contributed by atoms with Gasteiger partial charge in [-0.2, -0.15) is 5.10 Å². The standard InChI is InChI=1S/C11H18N4O2/c1-14-8-9(10(13-14)11(16)17)2-5-15-6-3-12-4-7-15/h8,12H,2-7H2,1H3,(H,16,17). The first-order chi connectivity index (χ1) is 8.16. The lowest BCUT2D eigenvalue weighted by Gasteiger charge is -2.26.